The molecule has 6 heterocycles. The third-order valence-corrected chi connectivity index (χ3v) is 9.03. The number of carbonyl (C=O) groups excluding carboxylic acids is 2. The number of H-pyrrole nitrogens is 1. The minimum absolute atomic E-state index is 0.0480. The van der Waals surface area contributed by atoms with Crippen LogP contribution < -0.4 is 15.5 Å². The number of hydrogen-bond acceptors (Lipinski definition) is 9. The number of benzene rings is 1. The SMILES string of the molecule is O=C(/C=C/CN1CC(F)C1)N[C@@H]1CCCN(Cc2ccnc(C(=O)Nc3ccc(-c4cc5c(N6CCOCC6)ncnc5[nH]4)cc3)c2)C1. The average molecular weight is 654 g/mol. The number of carbonyl (C=O) groups is 2. The predicted molar refractivity (Wildman–Crippen MR) is 181 cm³/mol. The largest absolute Gasteiger partial charge is 0.378 e. The first-order valence-corrected chi connectivity index (χ1v) is 16.6. The van der Waals surface area contributed by atoms with Crippen LogP contribution >= 0.6 is 0 Å². The first-order valence-electron chi connectivity index (χ1n) is 16.6. The Hall–Kier alpha value is -4.72. The van der Waals surface area contributed by atoms with Gasteiger partial charge in [-0.05, 0) is 60.8 Å². The van der Waals surface area contributed by atoms with Crippen LogP contribution in [0.4, 0.5) is 15.9 Å². The van der Waals surface area contributed by atoms with Gasteiger partial charge in [-0.15, -0.1) is 0 Å². The molecule has 1 atom stereocenters. The van der Waals surface area contributed by atoms with Crippen LogP contribution in [0.25, 0.3) is 22.3 Å². The highest BCUT2D eigenvalue weighted by atomic mass is 19.1. The van der Waals surface area contributed by atoms with Crippen molar-refractivity contribution in [3.8, 4) is 11.3 Å². The molecular formula is C35H40FN9O3. The van der Waals surface area contributed by atoms with Gasteiger partial charge >= 0.3 is 0 Å². The van der Waals surface area contributed by atoms with Crippen molar-refractivity contribution >= 4 is 34.4 Å². The third kappa shape index (κ3) is 7.70. The lowest BCUT2D eigenvalue weighted by atomic mass is 10.0. The fourth-order valence-electron chi connectivity index (χ4n) is 6.52. The van der Waals surface area contributed by atoms with E-state index in [4.69, 9.17) is 4.74 Å². The fourth-order valence-corrected chi connectivity index (χ4v) is 6.52. The molecule has 13 heteroatoms. The number of likely N-dealkylation sites (tertiary alicyclic amines) is 2. The van der Waals surface area contributed by atoms with Crippen molar-refractivity contribution < 1.29 is 18.7 Å². The van der Waals surface area contributed by atoms with E-state index in [9.17, 15) is 14.0 Å². The van der Waals surface area contributed by atoms with Crippen LogP contribution in [-0.4, -0.2) is 113 Å². The van der Waals surface area contributed by atoms with Gasteiger partial charge in [-0.25, -0.2) is 14.4 Å². The number of rotatable bonds is 10. The standard InChI is InChI=1S/C35H40FN9O3/c36-26-20-44(21-26)12-2-4-32(46)40-28-3-1-11-43(22-28)19-24-9-10-37-31(17-24)35(47)41-27-7-5-25(6-8-27)30-18-29-33(42-30)38-23-39-34(29)45-13-15-48-16-14-45/h2,4-10,17-18,23,26,28H,1,3,11-16,19-22H2,(H,40,46)(H,41,47)(H,38,39,42)/b4-2+/t28-/m1/s1. The van der Waals surface area contributed by atoms with Gasteiger partial charge in [0, 0.05) is 75.5 Å². The molecule has 12 nitrogen and oxygen atoms in total. The summed E-state index contributed by atoms with van der Waals surface area (Å²) in [6, 6.07) is 13.5. The summed E-state index contributed by atoms with van der Waals surface area (Å²) in [5, 5.41) is 7.03. The van der Waals surface area contributed by atoms with E-state index in [-0.39, 0.29) is 17.9 Å². The molecule has 3 fully saturated rings. The fraction of sp³-hybridized carbons (Fsp3) is 0.400. The number of amides is 2. The van der Waals surface area contributed by atoms with E-state index in [1.807, 2.05) is 41.3 Å². The normalized spacial score (nSPS) is 19.4. The van der Waals surface area contributed by atoms with E-state index in [1.54, 1.807) is 24.7 Å². The van der Waals surface area contributed by atoms with Gasteiger partial charge in [-0.3, -0.25) is 24.4 Å². The summed E-state index contributed by atoms with van der Waals surface area (Å²) in [6.07, 6.45) is 7.72. The van der Waals surface area contributed by atoms with Gasteiger partial charge in [-0.1, -0.05) is 18.2 Å². The molecule has 48 heavy (non-hydrogen) atoms. The summed E-state index contributed by atoms with van der Waals surface area (Å²) in [6.45, 7) is 6.70. The zero-order chi connectivity index (χ0) is 32.9. The average Bonchev–Trinajstić information content (AvgIpc) is 3.53. The number of fused-ring (bicyclic) bond motifs is 1. The number of morpholine rings is 1. The third-order valence-electron chi connectivity index (χ3n) is 9.03. The second kappa shape index (κ2) is 14.6. The number of aromatic nitrogens is 4. The molecule has 1 aromatic carbocycles. The van der Waals surface area contributed by atoms with Crippen LogP contribution in [0.15, 0.2) is 67.1 Å². The van der Waals surface area contributed by atoms with Gasteiger partial charge in [0.05, 0.1) is 18.6 Å². The van der Waals surface area contributed by atoms with E-state index in [0.717, 1.165) is 72.7 Å². The first kappa shape index (κ1) is 31.9. The lowest BCUT2D eigenvalue weighted by molar-refractivity contribution is -0.117. The number of piperidine rings is 1. The van der Waals surface area contributed by atoms with E-state index in [1.165, 1.54) is 0 Å². The molecule has 3 aliphatic rings. The van der Waals surface area contributed by atoms with Gasteiger partial charge < -0.3 is 25.3 Å². The second-order valence-corrected chi connectivity index (χ2v) is 12.6. The highest BCUT2D eigenvalue weighted by Gasteiger charge is 2.25. The summed E-state index contributed by atoms with van der Waals surface area (Å²) < 4.78 is 18.5. The minimum Gasteiger partial charge on any atom is -0.378 e. The molecule has 0 unspecified atom stereocenters. The molecule has 2 amide bonds. The number of ether oxygens (including phenoxy) is 1. The first-order chi connectivity index (χ1) is 23.5. The second-order valence-electron chi connectivity index (χ2n) is 12.6. The Kier molecular flexibility index (Phi) is 9.68. The lowest BCUT2D eigenvalue weighted by Crippen LogP contribution is -2.48. The number of halogens is 1. The maximum absolute atomic E-state index is 13.2. The highest BCUT2D eigenvalue weighted by Crippen LogP contribution is 2.30. The molecule has 3 saturated heterocycles. The Morgan fingerprint density at radius 3 is 2.65 bits per heavy atom. The van der Waals surface area contributed by atoms with Crippen molar-refractivity contribution in [3.63, 3.8) is 0 Å². The number of pyridine rings is 1. The van der Waals surface area contributed by atoms with Crippen molar-refractivity contribution in [3.05, 3.63) is 78.4 Å². The number of nitrogens with one attached hydrogen (secondary N) is 3. The van der Waals surface area contributed by atoms with E-state index < -0.39 is 6.17 Å². The number of anilines is 2. The minimum atomic E-state index is -0.742. The molecule has 3 aromatic heterocycles. The molecule has 0 aliphatic carbocycles. The Labute approximate surface area is 278 Å². The molecule has 3 aliphatic heterocycles. The molecule has 0 spiro atoms. The predicted octanol–water partition coefficient (Wildman–Crippen LogP) is 3.40. The number of hydrogen-bond donors (Lipinski definition) is 3. The number of nitrogens with zero attached hydrogens (tertiary/aromatic N) is 6. The quantitative estimate of drug-likeness (QED) is 0.221. The van der Waals surface area contributed by atoms with Crippen LogP contribution in [0.3, 0.4) is 0 Å². The van der Waals surface area contributed by atoms with Gasteiger partial charge in [0.2, 0.25) is 5.91 Å². The maximum atomic E-state index is 13.2. The zero-order valence-electron chi connectivity index (χ0n) is 26.8. The van der Waals surface area contributed by atoms with Gasteiger partial charge in [0.1, 0.15) is 29.7 Å². The molecule has 4 aromatic rings. The topological polar surface area (TPSA) is 132 Å². The van der Waals surface area contributed by atoms with Crippen LogP contribution in [0.5, 0.6) is 0 Å². The lowest BCUT2D eigenvalue weighted by Gasteiger charge is -2.33. The van der Waals surface area contributed by atoms with Gasteiger partial charge in [0.15, 0.2) is 0 Å². The number of aromatic amines is 1. The number of alkyl halides is 1. The Morgan fingerprint density at radius 1 is 1.00 bits per heavy atom. The van der Waals surface area contributed by atoms with E-state index in [2.05, 4.69) is 46.4 Å². The summed E-state index contributed by atoms with van der Waals surface area (Å²) in [5.41, 5.74) is 4.66. The Morgan fingerprint density at radius 2 is 1.83 bits per heavy atom. The molecule has 0 bridgehead atoms. The van der Waals surface area contributed by atoms with Crippen LogP contribution in [0.1, 0.15) is 28.9 Å². The maximum Gasteiger partial charge on any atom is 0.274 e. The van der Waals surface area contributed by atoms with Gasteiger partial charge in [0.25, 0.3) is 5.91 Å². The molecule has 7 rings (SSSR count). The van der Waals surface area contributed by atoms with Crippen molar-refractivity contribution in [1.29, 1.82) is 0 Å². The van der Waals surface area contributed by atoms with Crippen LogP contribution in [0.2, 0.25) is 0 Å². The summed E-state index contributed by atoms with van der Waals surface area (Å²) in [5.74, 6) is 0.497. The van der Waals surface area contributed by atoms with Crippen molar-refractivity contribution in [1.82, 2.24) is 35.1 Å². The highest BCUT2D eigenvalue weighted by molar-refractivity contribution is 6.03. The van der Waals surface area contributed by atoms with Crippen molar-refractivity contribution in [2.24, 2.45) is 0 Å². The van der Waals surface area contributed by atoms with Crippen molar-refractivity contribution in [2.45, 2.75) is 31.6 Å². The Bertz CT molecular complexity index is 1770. The van der Waals surface area contributed by atoms with Gasteiger partial charge in [-0.2, -0.15) is 0 Å². The van der Waals surface area contributed by atoms with E-state index in [0.29, 0.717) is 50.8 Å². The smallest absolute Gasteiger partial charge is 0.274 e. The van der Waals surface area contributed by atoms with Crippen LogP contribution in [0, 0.1) is 0 Å². The molecule has 0 saturated carbocycles. The summed E-state index contributed by atoms with van der Waals surface area (Å²) >= 11 is 0. The summed E-state index contributed by atoms with van der Waals surface area (Å²) in [7, 11) is 0. The summed E-state index contributed by atoms with van der Waals surface area (Å²) in [4.78, 5) is 48.7. The van der Waals surface area contributed by atoms with E-state index >= 15 is 0 Å². The van der Waals surface area contributed by atoms with Crippen LogP contribution in [-0.2, 0) is 16.1 Å². The monoisotopic (exact) mass is 653 g/mol. The molecule has 250 valence electrons. The zero-order valence-corrected chi connectivity index (χ0v) is 26.8. The Balaban J connectivity index is 0.928. The molecule has 0 radical (unpaired) electrons. The molecule has 3 N–H and O–H groups in total. The van der Waals surface area contributed by atoms with Crippen molar-refractivity contribution in [2.75, 3.05) is 69.2 Å². The molecular weight excluding hydrogens is 613 g/mol.